The van der Waals surface area contributed by atoms with E-state index in [1.807, 2.05) is 24.3 Å². The number of rotatable bonds is 5. The first-order valence-electron chi connectivity index (χ1n) is 4.97. The minimum atomic E-state index is -0.116. The molecule has 1 aromatic rings. The quantitative estimate of drug-likeness (QED) is 0.815. The fraction of sp³-hybridized carbons (Fsp3) is 0.500. The van der Waals surface area contributed by atoms with Crippen molar-refractivity contribution < 1.29 is 9.47 Å². The smallest absolute Gasteiger partial charge is 0.119 e. The molecular formula is C12H17BrO2. The van der Waals surface area contributed by atoms with Gasteiger partial charge >= 0.3 is 0 Å². The molecule has 2 nitrogen and oxygen atoms in total. The molecule has 0 saturated carbocycles. The normalized spacial score (nSPS) is 11.5. The number of ether oxygens (including phenoxy) is 2. The molecule has 0 aliphatic heterocycles. The van der Waals surface area contributed by atoms with Gasteiger partial charge in [-0.1, -0.05) is 15.9 Å². The first-order chi connectivity index (χ1) is 7.03. The van der Waals surface area contributed by atoms with E-state index in [1.54, 1.807) is 7.11 Å². The van der Waals surface area contributed by atoms with Crippen LogP contribution in [0.1, 0.15) is 20.3 Å². The summed E-state index contributed by atoms with van der Waals surface area (Å²) in [6.07, 6.45) is 0.875. The van der Waals surface area contributed by atoms with Gasteiger partial charge in [-0.15, -0.1) is 0 Å². The van der Waals surface area contributed by atoms with E-state index in [1.165, 1.54) is 0 Å². The summed E-state index contributed by atoms with van der Waals surface area (Å²) in [6, 6.07) is 7.83. The summed E-state index contributed by atoms with van der Waals surface area (Å²) in [5, 5.41) is 0. The third kappa shape index (κ3) is 4.67. The van der Waals surface area contributed by atoms with Crippen molar-refractivity contribution in [3.05, 3.63) is 28.7 Å². The minimum Gasteiger partial charge on any atom is -0.493 e. The summed E-state index contributed by atoms with van der Waals surface area (Å²) >= 11 is 3.38. The van der Waals surface area contributed by atoms with Crippen molar-refractivity contribution >= 4 is 15.9 Å². The molecule has 15 heavy (non-hydrogen) atoms. The Balaban J connectivity index is 2.35. The van der Waals surface area contributed by atoms with E-state index >= 15 is 0 Å². The van der Waals surface area contributed by atoms with Crippen LogP contribution in [0.3, 0.4) is 0 Å². The third-order valence-corrected chi connectivity index (χ3v) is 2.87. The van der Waals surface area contributed by atoms with Gasteiger partial charge in [-0.25, -0.2) is 0 Å². The minimum absolute atomic E-state index is 0.116. The Morgan fingerprint density at radius 1 is 1.20 bits per heavy atom. The summed E-state index contributed by atoms with van der Waals surface area (Å²) in [5.41, 5.74) is -0.116. The number of halogens is 1. The highest BCUT2D eigenvalue weighted by molar-refractivity contribution is 9.10. The van der Waals surface area contributed by atoms with E-state index in [2.05, 4.69) is 29.8 Å². The fourth-order valence-corrected chi connectivity index (χ4v) is 1.31. The molecule has 84 valence electrons. The van der Waals surface area contributed by atoms with Crippen molar-refractivity contribution in [1.29, 1.82) is 0 Å². The molecule has 0 aliphatic rings. The second-order valence-electron chi connectivity index (χ2n) is 4.02. The Morgan fingerprint density at radius 2 is 1.80 bits per heavy atom. The first kappa shape index (κ1) is 12.5. The lowest BCUT2D eigenvalue weighted by atomic mass is 10.1. The second kappa shape index (κ2) is 5.52. The van der Waals surface area contributed by atoms with E-state index in [0.29, 0.717) is 6.61 Å². The highest BCUT2D eigenvalue weighted by atomic mass is 79.9. The molecule has 0 aliphatic carbocycles. The Labute approximate surface area is 99.7 Å². The van der Waals surface area contributed by atoms with E-state index in [4.69, 9.17) is 9.47 Å². The lowest BCUT2D eigenvalue weighted by Gasteiger charge is -2.22. The van der Waals surface area contributed by atoms with Gasteiger partial charge in [-0.2, -0.15) is 0 Å². The number of hydrogen-bond acceptors (Lipinski definition) is 2. The highest BCUT2D eigenvalue weighted by Gasteiger charge is 2.15. The van der Waals surface area contributed by atoms with Gasteiger partial charge in [0.15, 0.2) is 0 Å². The standard InChI is InChI=1S/C12H17BrO2/c1-12(2,14-3)8-9-15-11-6-4-10(13)5-7-11/h4-7H,8-9H2,1-3H3. The molecule has 0 fully saturated rings. The Morgan fingerprint density at radius 3 is 2.33 bits per heavy atom. The zero-order chi connectivity index (χ0) is 11.3. The molecular weight excluding hydrogens is 256 g/mol. The average Bonchev–Trinajstić information content (AvgIpc) is 2.21. The summed E-state index contributed by atoms with van der Waals surface area (Å²) < 4.78 is 12.0. The fourth-order valence-electron chi connectivity index (χ4n) is 1.05. The van der Waals surface area contributed by atoms with Crippen molar-refractivity contribution in [2.45, 2.75) is 25.9 Å². The maximum absolute atomic E-state index is 5.60. The monoisotopic (exact) mass is 272 g/mol. The van der Waals surface area contributed by atoms with Crippen LogP contribution < -0.4 is 4.74 Å². The average molecular weight is 273 g/mol. The summed E-state index contributed by atoms with van der Waals surface area (Å²) in [6.45, 7) is 4.78. The van der Waals surface area contributed by atoms with Crippen molar-refractivity contribution in [3.8, 4) is 5.75 Å². The molecule has 0 heterocycles. The largest absolute Gasteiger partial charge is 0.493 e. The van der Waals surface area contributed by atoms with Crippen LogP contribution in [0.5, 0.6) is 5.75 Å². The maximum Gasteiger partial charge on any atom is 0.119 e. The van der Waals surface area contributed by atoms with E-state index < -0.39 is 0 Å². The van der Waals surface area contributed by atoms with Crippen LogP contribution in [0, 0.1) is 0 Å². The summed E-state index contributed by atoms with van der Waals surface area (Å²) in [5.74, 6) is 0.894. The van der Waals surface area contributed by atoms with Gasteiger partial charge in [0, 0.05) is 18.0 Å². The first-order valence-corrected chi connectivity index (χ1v) is 5.76. The van der Waals surface area contributed by atoms with Crippen LogP contribution in [0.15, 0.2) is 28.7 Å². The highest BCUT2D eigenvalue weighted by Crippen LogP contribution is 2.18. The van der Waals surface area contributed by atoms with Crippen LogP contribution in [-0.4, -0.2) is 19.3 Å². The number of hydrogen-bond donors (Lipinski definition) is 0. The number of benzene rings is 1. The molecule has 0 unspecified atom stereocenters. The third-order valence-electron chi connectivity index (χ3n) is 2.34. The maximum atomic E-state index is 5.60. The summed E-state index contributed by atoms with van der Waals surface area (Å²) in [7, 11) is 1.72. The Hall–Kier alpha value is -0.540. The van der Waals surface area contributed by atoms with Gasteiger partial charge in [0.05, 0.1) is 12.2 Å². The van der Waals surface area contributed by atoms with Gasteiger partial charge in [-0.05, 0) is 38.1 Å². The molecule has 0 atom stereocenters. The molecule has 1 aromatic carbocycles. The molecule has 0 amide bonds. The van der Waals surface area contributed by atoms with E-state index in [0.717, 1.165) is 16.6 Å². The lowest BCUT2D eigenvalue weighted by Crippen LogP contribution is -2.25. The van der Waals surface area contributed by atoms with Gasteiger partial charge in [0.25, 0.3) is 0 Å². The topological polar surface area (TPSA) is 18.5 Å². The van der Waals surface area contributed by atoms with Gasteiger partial charge in [-0.3, -0.25) is 0 Å². The molecule has 1 rings (SSSR count). The van der Waals surface area contributed by atoms with E-state index in [9.17, 15) is 0 Å². The van der Waals surface area contributed by atoms with Crippen LogP contribution in [0.2, 0.25) is 0 Å². The molecule has 0 N–H and O–H groups in total. The molecule has 0 bridgehead atoms. The van der Waals surface area contributed by atoms with Gasteiger partial charge < -0.3 is 9.47 Å². The predicted molar refractivity (Wildman–Crippen MR) is 65.3 cm³/mol. The molecule has 0 aromatic heterocycles. The summed E-state index contributed by atoms with van der Waals surface area (Å²) in [4.78, 5) is 0. The van der Waals surface area contributed by atoms with Crippen molar-refractivity contribution in [1.82, 2.24) is 0 Å². The number of methoxy groups -OCH3 is 1. The Bertz CT molecular complexity index is 293. The van der Waals surface area contributed by atoms with Gasteiger partial charge in [0.2, 0.25) is 0 Å². The predicted octanol–water partition coefficient (Wildman–Crippen LogP) is 3.64. The molecule has 0 saturated heterocycles. The van der Waals surface area contributed by atoms with Crippen LogP contribution >= 0.6 is 15.9 Å². The van der Waals surface area contributed by atoms with Crippen molar-refractivity contribution in [3.63, 3.8) is 0 Å². The van der Waals surface area contributed by atoms with Crippen molar-refractivity contribution in [2.24, 2.45) is 0 Å². The van der Waals surface area contributed by atoms with E-state index in [-0.39, 0.29) is 5.60 Å². The second-order valence-corrected chi connectivity index (χ2v) is 4.93. The zero-order valence-corrected chi connectivity index (χ0v) is 11.0. The van der Waals surface area contributed by atoms with Crippen LogP contribution in [0.25, 0.3) is 0 Å². The van der Waals surface area contributed by atoms with Gasteiger partial charge in [0.1, 0.15) is 5.75 Å². The SMILES string of the molecule is COC(C)(C)CCOc1ccc(Br)cc1. The van der Waals surface area contributed by atoms with Crippen LogP contribution in [0.4, 0.5) is 0 Å². The van der Waals surface area contributed by atoms with Crippen LogP contribution in [-0.2, 0) is 4.74 Å². The van der Waals surface area contributed by atoms with Crippen molar-refractivity contribution in [2.75, 3.05) is 13.7 Å². The molecule has 0 radical (unpaired) electrons. The lowest BCUT2D eigenvalue weighted by molar-refractivity contribution is 0.00546. The zero-order valence-electron chi connectivity index (χ0n) is 9.42. The molecule has 0 spiro atoms. The molecule has 3 heteroatoms. The Kier molecular flexibility index (Phi) is 4.61.